The van der Waals surface area contributed by atoms with Crippen molar-refractivity contribution in [2.75, 3.05) is 4.72 Å². The summed E-state index contributed by atoms with van der Waals surface area (Å²) in [4.78, 5) is 0. The van der Waals surface area contributed by atoms with Gasteiger partial charge in [0.15, 0.2) is 0 Å². The molecule has 0 aliphatic carbocycles. The number of hydrogen-bond donors (Lipinski definition) is 1. The van der Waals surface area contributed by atoms with Crippen LogP contribution in [0.3, 0.4) is 0 Å². The first-order valence-electron chi connectivity index (χ1n) is 5.41. The van der Waals surface area contributed by atoms with Crippen LogP contribution < -0.4 is 4.72 Å². The van der Waals surface area contributed by atoms with Crippen LogP contribution in [-0.2, 0) is 15.8 Å². The van der Waals surface area contributed by atoms with Crippen molar-refractivity contribution in [1.82, 2.24) is 5.16 Å². The number of benzene rings is 1. The van der Waals surface area contributed by atoms with Crippen LogP contribution in [0, 0.1) is 18.3 Å². The minimum absolute atomic E-state index is 0.277. The molecule has 0 fully saturated rings. The van der Waals surface area contributed by atoms with E-state index < -0.39 is 10.0 Å². The van der Waals surface area contributed by atoms with Gasteiger partial charge in [0.2, 0.25) is 10.0 Å². The van der Waals surface area contributed by atoms with Crippen LogP contribution in [0.15, 0.2) is 34.9 Å². The summed E-state index contributed by atoms with van der Waals surface area (Å²) in [5.74, 6) is 0.276. The predicted molar refractivity (Wildman–Crippen MR) is 68.6 cm³/mol. The van der Waals surface area contributed by atoms with Crippen molar-refractivity contribution in [3.63, 3.8) is 0 Å². The first kappa shape index (κ1) is 13.1. The molecule has 0 atom stereocenters. The van der Waals surface area contributed by atoms with Crippen LogP contribution in [0.1, 0.15) is 17.0 Å². The molecule has 6 nitrogen and oxygen atoms in total. The number of nitriles is 1. The molecule has 2 rings (SSSR count). The molecule has 0 radical (unpaired) electrons. The van der Waals surface area contributed by atoms with E-state index in [1.165, 1.54) is 6.07 Å². The maximum absolute atomic E-state index is 11.9. The summed E-state index contributed by atoms with van der Waals surface area (Å²) < 4.78 is 31.0. The number of sulfonamides is 1. The largest absolute Gasteiger partial charge is 0.361 e. The molecule has 1 aromatic carbocycles. The van der Waals surface area contributed by atoms with Crippen LogP contribution in [0.5, 0.6) is 0 Å². The Balaban J connectivity index is 2.15. The number of nitrogens with one attached hydrogen (secondary N) is 1. The van der Waals surface area contributed by atoms with Crippen LogP contribution in [0.4, 0.5) is 5.69 Å². The third kappa shape index (κ3) is 3.56. The average Bonchev–Trinajstić information content (AvgIpc) is 2.73. The van der Waals surface area contributed by atoms with Crippen molar-refractivity contribution in [3.8, 4) is 6.07 Å². The quantitative estimate of drug-likeness (QED) is 0.919. The molecule has 0 bridgehead atoms. The van der Waals surface area contributed by atoms with E-state index in [1.54, 1.807) is 31.2 Å². The van der Waals surface area contributed by atoms with Gasteiger partial charge in [-0.15, -0.1) is 0 Å². The Hall–Kier alpha value is -2.33. The number of anilines is 1. The molecular formula is C12H11N3O3S. The summed E-state index contributed by atoms with van der Waals surface area (Å²) in [5.41, 5.74) is 1.07. The third-order valence-corrected chi connectivity index (χ3v) is 3.50. The lowest BCUT2D eigenvalue weighted by molar-refractivity contribution is 0.392. The Bertz CT molecular complexity index is 729. The van der Waals surface area contributed by atoms with Crippen molar-refractivity contribution in [1.29, 1.82) is 5.26 Å². The summed E-state index contributed by atoms with van der Waals surface area (Å²) in [6.45, 7) is 1.69. The Morgan fingerprint density at radius 1 is 1.42 bits per heavy atom. The fourth-order valence-corrected chi connectivity index (χ4v) is 2.63. The molecule has 0 aliphatic heterocycles. The number of aryl methyl sites for hydroxylation is 1. The van der Waals surface area contributed by atoms with Gasteiger partial charge in [-0.25, -0.2) is 8.42 Å². The summed E-state index contributed by atoms with van der Waals surface area (Å²) in [6, 6.07) is 9.75. The Morgan fingerprint density at radius 3 is 2.84 bits per heavy atom. The second-order valence-corrected chi connectivity index (χ2v) is 5.70. The number of aromatic nitrogens is 1. The minimum atomic E-state index is -3.58. The Labute approximate surface area is 110 Å². The topological polar surface area (TPSA) is 96.0 Å². The molecule has 98 valence electrons. The van der Waals surface area contributed by atoms with E-state index in [1.807, 2.05) is 6.07 Å². The molecule has 1 aromatic heterocycles. The van der Waals surface area contributed by atoms with Crippen LogP contribution in [-0.4, -0.2) is 13.6 Å². The van der Waals surface area contributed by atoms with E-state index in [0.29, 0.717) is 22.7 Å². The molecular weight excluding hydrogens is 266 g/mol. The van der Waals surface area contributed by atoms with Gasteiger partial charge in [0.25, 0.3) is 0 Å². The maximum Gasteiger partial charge on any atom is 0.238 e. The summed E-state index contributed by atoms with van der Waals surface area (Å²) in [7, 11) is -3.58. The Morgan fingerprint density at radius 2 is 2.21 bits per heavy atom. The van der Waals surface area contributed by atoms with Gasteiger partial charge >= 0.3 is 0 Å². The molecule has 1 heterocycles. The molecule has 0 saturated carbocycles. The van der Waals surface area contributed by atoms with E-state index in [4.69, 9.17) is 9.78 Å². The lowest BCUT2D eigenvalue weighted by Gasteiger charge is -2.06. The van der Waals surface area contributed by atoms with Gasteiger partial charge in [-0.3, -0.25) is 4.72 Å². The highest BCUT2D eigenvalue weighted by Crippen LogP contribution is 2.14. The molecule has 7 heteroatoms. The molecule has 0 aliphatic rings. The van der Waals surface area contributed by atoms with Gasteiger partial charge in [0.05, 0.1) is 11.6 Å². The van der Waals surface area contributed by atoms with E-state index >= 15 is 0 Å². The van der Waals surface area contributed by atoms with Crippen molar-refractivity contribution in [2.45, 2.75) is 12.7 Å². The number of nitrogens with zero attached hydrogens (tertiary/aromatic N) is 2. The highest BCUT2D eigenvalue weighted by molar-refractivity contribution is 7.91. The monoisotopic (exact) mass is 277 g/mol. The van der Waals surface area contributed by atoms with Crippen LogP contribution in [0.25, 0.3) is 0 Å². The molecule has 0 amide bonds. The highest BCUT2D eigenvalue weighted by atomic mass is 32.2. The van der Waals surface area contributed by atoms with Crippen molar-refractivity contribution < 1.29 is 12.9 Å². The van der Waals surface area contributed by atoms with Gasteiger partial charge in [-0.2, -0.15) is 5.26 Å². The zero-order valence-electron chi connectivity index (χ0n) is 10.1. The lowest BCUT2D eigenvalue weighted by atomic mass is 10.2. The second-order valence-electron chi connectivity index (χ2n) is 3.98. The van der Waals surface area contributed by atoms with E-state index in [9.17, 15) is 8.42 Å². The summed E-state index contributed by atoms with van der Waals surface area (Å²) >= 11 is 0. The average molecular weight is 277 g/mol. The molecule has 0 spiro atoms. The van der Waals surface area contributed by atoms with E-state index in [2.05, 4.69) is 9.88 Å². The smallest absolute Gasteiger partial charge is 0.238 e. The molecule has 0 unspecified atom stereocenters. The molecule has 0 saturated heterocycles. The predicted octanol–water partition coefficient (Wildman–Crippen LogP) is 1.80. The molecule has 2 aromatic rings. The van der Waals surface area contributed by atoms with Crippen molar-refractivity contribution in [3.05, 3.63) is 47.3 Å². The van der Waals surface area contributed by atoms with Crippen LogP contribution in [0.2, 0.25) is 0 Å². The van der Waals surface area contributed by atoms with Crippen molar-refractivity contribution >= 4 is 15.7 Å². The first-order chi connectivity index (χ1) is 8.98. The highest BCUT2D eigenvalue weighted by Gasteiger charge is 2.14. The van der Waals surface area contributed by atoms with Gasteiger partial charge in [-0.05, 0) is 25.1 Å². The summed E-state index contributed by atoms with van der Waals surface area (Å²) in [6.07, 6.45) is 0. The molecule has 1 N–H and O–H groups in total. The van der Waals surface area contributed by atoms with Gasteiger partial charge in [0.1, 0.15) is 17.2 Å². The minimum Gasteiger partial charge on any atom is -0.361 e. The third-order valence-electron chi connectivity index (χ3n) is 2.28. The summed E-state index contributed by atoms with van der Waals surface area (Å²) in [5, 5.41) is 12.4. The molecule has 19 heavy (non-hydrogen) atoms. The number of hydrogen-bond acceptors (Lipinski definition) is 5. The van der Waals surface area contributed by atoms with E-state index in [0.717, 1.165) is 0 Å². The van der Waals surface area contributed by atoms with Gasteiger partial charge < -0.3 is 4.52 Å². The zero-order chi connectivity index (χ0) is 13.9. The fraction of sp³-hybridized carbons (Fsp3) is 0.167. The SMILES string of the molecule is Cc1cc(CS(=O)(=O)Nc2cccc(C#N)c2)no1. The standard InChI is InChI=1S/C12H11N3O3S/c1-9-5-12(14-18-9)8-19(16,17)15-11-4-2-3-10(6-11)7-13/h2-6,15H,8H2,1H3. The number of rotatable bonds is 4. The Kier molecular flexibility index (Phi) is 3.53. The fourth-order valence-electron chi connectivity index (χ4n) is 1.55. The lowest BCUT2D eigenvalue weighted by Crippen LogP contribution is -2.15. The second kappa shape index (κ2) is 5.12. The van der Waals surface area contributed by atoms with Gasteiger partial charge in [-0.1, -0.05) is 11.2 Å². The first-order valence-corrected chi connectivity index (χ1v) is 7.06. The normalized spacial score (nSPS) is 10.9. The van der Waals surface area contributed by atoms with Crippen LogP contribution >= 0.6 is 0 Å². The van der Waals surface area contributed by atoms with Crippen molar-refractivity contribution in [2.24, 2.45) is 0 Å². The van der Waals surface area contributed by atoms with Gasteiger partial charge in [0, 0.05) is 11.8 Å². The maximum atomic E-state index is 11.9. The van der Waals surface area contributed by atoms with E-state index in [-0.39, 0.29) is 5.75 Å². The zero-order valence-corrected chi connectivity index (χ0v) is 10.9.